The van der Waals surface area contributed by atoms with Gasteiger partial charge in [0.15, 0.2) is 6.29 Å². The number of nitro benzene ring substituents is 1. The highest BCUT2D eigenvalue weighted by atomic mass is 16.7. The van der Waals surface area contributed by atoms with Crippen LogP contribution in [0.5, 0.6) is 0 Å². The van der Waals surface area contributed by atoms with Gasteiger partial charge in [0, 0.05) is 76.0 Å². The highest BCUT2D eigenvalue weighted by molar-refractivity contribution is 5.73. The van der Waals surface area contributed by atoms with Gasteiger partial charge in [-0.05, 0) is 46.0 Å². The van der Waals surface area contributed by atoms with Crippen molar-refractivity contribution >= 4 is 17.3 Å². The largest absolute Gasteiger partial charge is 0.392 e. The minimum atomic E-state index is -0.544. The molecule has 2 saturated heterocycles. The average Bonchev–Trinajstić information content (AvgIpc) is 3.11. The zero-order chi connectivity index (χ0) is 32.8. The minimum Gasteiger partial charge on any atom is -0.392 e. The Hall–Kier alpha value is -4.61. The topological polar surface area (TPSA) is 117 Å². The summed E-state index contributed by atoms with van der Waals surface area (Å²) in [6.07, 6.45) is -0.0698. The molecule has 3 atom stereocenters. The Morgan fingerprint density at radius 2 is 1.57 bits per heavy atom. The van der Waals surface area contributed by atoms with E-state index in [-0.39, 0.29) is 35.3 Å². The van der Waals surface area contributed by atoms with Gasteiger partial charge in [0.2, 0.25) is 5.91 Å². The number of carbonyl (C=O) groups excluding carboxylic acids is 1. The van der Waals surface area contributed by atoms with E-state index in [1.807, 2.05) is 48.5 Å². The zero-order valence-corrected chi connectivity index (χ0v) is 26.5. The predicted molar refractivity (Wildman–Crippen MR) is 180 cm³/mol. The lowest BCUT2D eigenvalue weighted by Gasteiger charge is -2.41. The fraction of sp³-hybridized carbons (Fsp3) is 0.324. The monoisotopic (exact) mass is 636 g/mol. The summed E-state index contributed by atoms with van der Waals surface area (Å²) < 4.78 is 13.2. The number of nitrogens with zero attached hydrogens (tertiary/aromatic N) is 3. The van der Waals surface area contributed by atoms with E-state index < -0.39 is 6.29 Å². The van der Waals surface area contributed by atoms with Gasteiger partial charge in [0.25, 0.3) is 5.69 Å². The summed E-state index contributed by atoms with van der Waals surface area (Å²) in [4.78, 5) is 26.7. The van der Waals surface area contributed by atoms with Crippen molar-refractivity contribution in [1.82, 2.24) is 10.2 Å². The van der Waals surface area contributed by atoms with Crippen molar-refractivity contribution in [1.29, 1.82) is 0 Å². The fourth-order valence-electron chi connectivity index (χ4n) is 6.21. The number of piperazine rings is 1. The molecule has 6 rings (SSSR count). The van der Waals surface area contributed by atoms with E-state index in [1.165, 1.54) is 6.92 Å². The van der Waals surface area contributed by atoms with Gasteiger partial charge >= 0.3 is 0 Å². The first-order valence-corrected chi connectivity index (χ1v) is 16.0. The predicted octanol–water partition coefficient (Wildman–Crippen LogP) is 5.76. The smallest absolute Gasteiger partial charge is 0.269 e. The summed E-state index contributed by atoms with van der Waals surface area (Å²) >= 11 is 0. The van der Waals surface area contributed by atoms with Crippen LogP contribution in [0.25, 0.3) is 11.1 Å². The number of aliphatic hydroxyl groups excluding tert-OH is 1. The number of aliphatic hydroxyl groups is 1. The maximum Gasteiger partial charge on any atom is 0.269 e. The highest BCUT2D eigenvalue weighted by Gasteiger charge is 2.34. The number of nitrogens with one attached hydrogen (secondary N) is 1. The lowest BCUT2D eigenvalue weighted by Crippen LogP contribution is -2.49. The number of hydrogen-bond acceptors (Lipinski definition) is 8. The van der Waals surface area contributed by atoms with Gasteiger partial charge in [-0.2, -0.15) is 0 Å². The molecule has 2 fully saturated rings. The minimum absolute atomic E-state index is 0.00544. The second-order valence-corrected chi connectivity index (χ2v) is 12.1. The number of benzene rings is 4. The first kappa shape index (κ1) is 32.3. The summed E-state index contributed by atoms with van der Waals surface area (Å²) in [6, 6.07) is 31.1. The maximum absolute atomic E-state index is 11.4. The van der Waals surface area contributed by atoms with Crippen LogP contribution in [0.3, 0.4) is 0 Å². The van der Waals surface area contributed by atoms with Gasteiger partial charge in [-0.3, -0.25) is 19.8 Å². The number of hydrogen-bond donors (Lipinski definition) is 2. The Kier molecular flexibility index (Phi) is 10.2. The number of anilines is 1. The highest BCUT2D eigenvalue weighted by Crippen LogP contribution is 2.39. The third kappa shape index (κ3) is 8.22. The third-order valence-corrected chi connectivity index (χ3v) is 8.86. The molecule has 244 valence electrons. The lowest BCUT2D eigenvalue weighted by molar-refractivity contribution is -0.384. The first-order chi connectivity index (χ1) is 22.8. The van der Waals surface area contributed by atoms with E-state index >= 15 is 0 Å². The molecule has 2 aliphatic heterocycles. The van der Waals surface area contributed by atoms with Crippen LogP contribution in [-0.4, -0.2) is 59.7 Å². The Morgan fingerprint density at radius 3 is 2.23 bits per heavy atom. The van der Waals surface area contributed by atoms with Crippen molar-refractivity contribution in [2.75, 3.05) is 37.6 Å². The molecule has 10 nitrogen and oxygen atoms in total. The molecule has 1 amide bonds. The molecule has 0 aromatic heterocycles. The van der Waals surface area contributed by atoms with Gasteiger partial charge in [-0.15, -0.1) is 0 Å². The number of rotatable bonds is 10. The second-order valence-electron chi connectivity index (χ2n) is 12.1. The number of ether oxygens (including phenoxy) is 2. The normalized spacial score (nSPS) is 20.1. The van der Waals surface area contributed by atoms with Crippen LogP contribution in [0.2, 0.25) is 0 Å². The lowest BCUT2D eigenvalue weighted by atomic mass is 9.98. The van der Waals surface area contributed by atoms with Crippen LogP contribution in [0, 0.1) is 10.1 Å². The third-order valence-electron chi connectivity index (χ3n) is 8.86. The molecular weight excluding hydrogens is 596 g/mol. The van der Waals surface area contributed by atoms with E-state index in [4.69, 9.17) is 9.47 Å². The zero-order valence-electron chi connectivity index (χ0n) is 26.5. The number of nitro groups is 1. The Balaban J connectivity index is 1.14. The van der Waals surface area contributed by atoms with E-state index in [2.05, 4.69) is 51.5 Å². The molecular formula is C37H40N4O6. The molecule has 10 heteroatoms. The van der Waals surface area contributed by atoms with Crippen molar-refractivity contribution in [2.45, 2.75) is 45.0 Å². The SMILES string of the molecule is CC(=O)NCc1cccc(-c2ccc(C3OC(CN4CCN(c5ccc([N+](=O)[O-])cc5)CC4)CC(c4ccc(CO)cc4)O3)cc2)c1. The average molecular weight is 637 g/mol. The van der Waals surface area contributed by atoms with Gasteiger partial charge in [-0.25, -0.2) is 0 Å². The van der Waals surface area contributed by atoms with E-state index in [0.29, 0.717) is 13.0 Å². The number of amides is 1. The molecule has 0 aliphatic carbocycles. The van der Waals surface area contributed by atoms with Crippen LogP contribution < -0.4 is 10.2 Å². The molecule has 0 bridgehead atoms. The molecule has 4 aromatic carbocycles. The first-order valence-electron chi connectivity index (χ1n) is 16.0. The number of carbonyl (C=O) groups is 1. The molecule has 0 radical (unpaired) electrons. The van der Waals surface area contributed by atoms with Crippen LogP contribution in [0.4, 0.5) is 11.4 Å². The second kappa shape index (κ2) is 14.9. The van der Waals surface area contributed by atoms with Gasteiger partial charge in [0.05, 0.1) is 23.7 Å². The molecule has 2 N–H and O–H groups in total. The molecule has 2 aliphatic rings. The fourth-order valence-corrected chi connectivity index (χ4v) is 6.21. The van der Waals surface area contributed by atoms with Crippen molar-refractivity contribution < 1.29 is 24.3 Å². The van der Waals surface area contributed by atoms with Crippen LogP contribution in [0.1, 0.15) is 48.0 Å². The summed E-state index contributed by atoms with van der Waals surface area (Å²) in [6.45, 7) is 6.11. The molecule has 0 spiro atoms. The number of non-ortho nitro benzene ring substituents is 1. The Labute approximate surface area is 274 Å². The van der Waals surface area contributed by atoms with Crippen molar-refractivity contribution in [3.05, 3.63) is 129 Å². The molecule has 3 unspecified atom stereocenters. The molecule has 47 heavy (non-hydrogen) atoms. The summed E-state index contributed by atoms with van der Waals surface area (Å²) in [5, 5.41) is 23.4. The maximum atomic E-state index is 11.4. The standard InChI is InChI=1S/C37H40N4O6/c1-26(43)38-23-28-3-2-4-32(21-28)29-9-11-31(12-10-29)37-46-35(22-36(47-37)30-7-5-27(25-42)6-8-30)24-39-17-19-40(20-18-39)33-13-15-34(16-14-33)41(44)45/h2-16,21,35-37,42H,17-20,22-25H2,1H3,(H,38,43). The summed E-state index contributed by atoms with van der Waals surface area (Å²) in [5.41, 5.74) is 7.10. The molecule has 4 aromatic rings. The molecule has 2 heterocycles. The molecule has 0 saturated carbocycles. The van der Waals surface area contributed by atoms with Crippen molar-refractivity contribution in [2.24, 2.45) is 0 Å². The van der Waals surface area contributed by atoms with E-state index in [0.717, 1.165) is 71.8 Å². The van der Waals surface area contributed by atoms with Gasteiger partial charge < -0.3 is 24.8 Å². The van der Waals surface area contributed by atoms with Crippen LogP contribution >= 0.6 is 0 Å². The summed E-state index contributed by atoms with van der Waals surface area (Å²) in [7, 11) is 0. The Morgan fingerprint density at radius 1 is 0.872 bits per heavy atom. The van der Waals surface area contributed by atoms with E-state index in [1.54, 1.807) is 12.1 Å². The van der Waals surface area contributed by atoms with E-state index in [9.17, 15) is 20.0 Å². The summed E-state index contributed by atoms with van der Waals surface area (Å²) in [5.74, 6) is -0.0577. The Bertz CT molecular complexity index is 1650. The quantitative estimate of drug-likeness (QED) is 0.167. The van der Waals surface area contributed by atoms with Crippen LogP contribution in [-0.2, 0) is 27.4 Å². The van der Waals surface area contributed by atoms with Crippen LogP contribution in [0.15, 0.2) is 97.1 Å². The van der Waals surface area contributed by atoms with Gasteiger partial charge in [-0.1, -0.05) is 66.7 Å². The van der Waals surface area contributed by atoms with Crippen molar-refractivity contribution in [3.8, 4) is 11.1 Å². The van der Waals surface area contributed by atoms with Gasteiger partial charge in [0.1, 0.15) is 0 Å². The van der Waals surface area contributed by atoms with Crippen molar-refractivity contribution in [3.63, 3.8) is 0 Å².